The quantitative estimate of drug-likeness (QED) is 0.826. The first-order valence-corrected chi connectivity index (χ1v) is 7.88. The van der Waals surface area contributed by atoms with Crippen molar-refractivity contribution in [2.75, 3.05) is 0 Å². The zero-order valence-electron chi connectivity index (χ0n) is 12.3. The van der Waals surface area contributed by atoms with Crippen LogP contribution in [0.2, 0.25) is 0 Å². The second kappa shape index (κ2) is 7.75. The van der Waals surface area contributed by atoms with Gasteiger partial charge in [-0.1, -0.05) is 31.9 Å². The number of rotatable bonds is 6. The molecular formula is C17H26FNO. The SMILES string of the molecule is CCCCC(NC1CCCC(O)C1)c1ccc(F)cc1. The summed E-state index contributed by atoms with van der Waals surface area (Å²) < 4.78 is 13.1. The third-order valence-corrected chi connectivity index (χ3v) is 4.20. The molecule has 1 aromatic rings. The highest BCUT2D eigenvalue weighted by molar-refractivity contribution is 5.20. The van der Waals surface area contributed by atoms with Gasteiger partial charge in [0, 0.05) is 12.1 Å². The van der Waals surface area contributed by atoms with Crippen molar-refractivity contribution in [3.8, 4) is 0 Å². The zero-order chi connectivity index (χ0) is 14.4. The lowest BCUT2D eigenvalue weighted by atomic mass is 9.91. The van der Waals surface area contributed by atoms with Crippen LogP contribution in [0.3, 0.4) is 0 Å². The van der Waals surface area contributed by atoms with Crippen LogP contribution in [0.1, 0.15) is 63.5 Å². The number of hydrogen-bond acceptors (Lipinski definition) is 2. The summed E-state index contributed by atoms with van der Waals surface area (Å²) >= 11 is 0. The summed E-state index contributed by atoms with van der Waals surface area (Å²) in [5, 5.41) is 13.5. The molecule has 1 fully saturated rings. The minimum Gasteiger partial charge on any atom is -0.393 e. The van der Waals surface area contributed by atoms with E-state index in [0.717, 1.165) is 50.5 Å². The molecule has 0 radical (unpaired) electrons. The molecule has 2 rings (SSSR count). The molecule has 0 saturated heterocycles. The Kier molecular flexibility index (Phi) is 5.99. The molecule has 0 spiro atoms. The monoisotopic (exact) mass is 279 g/mol. The van der Waals surface area contributed by atoms with Gasteiger partial charge >= 0.3 is 0 Å². The summed E-state index contributed by atoms with van der Waals surface area (Å²) in [6, 6.07) is 7.47. The molecule has 0 aromatic heterocycles. The van der Waals surface area contributed by atoms with Crippen molar-refractivity contribution >= 4 is 0 Å². The van der Waals surface area contributed by atoms with Crippen molar-refractivity contribution in [1.29, 1.82) is 0 Å². The van der Waals surface area contributed by atoms with Crippen molar-refractivity contribution in [3.63, 3.8) is 0 Å². The van der Waals surface area contributed by atoms with Crippen molar-refractivity contribution in [3.05, 3.63) is 35.6 Å². The Morgan fingerprint density at radius 3 is 2.70 bits per heavy atom. The Morgan fingerprint density at radius 1 is 1.30 bits per heavy atom. The smallest absolute Gasteiger partial charge is 0.123 e. The van der Waals surface area contributed by atoms with Crippen LogP contribution in [-0.2, 0) is 0 Å². The Labute approximate surface area is 121 Å². The maximum atomic E-state index is 13.1. The molecular weight excluding hydrogens is 253 g/mol. The molecule has 1 aliphatic rings. The van der Waals surface area contributed by atoms with E-state index in [2.05, 4.69) is 12.2 Å². The van der Waals surface area contributed by atoms with Gasteiger partial charge in [-0.25, -0.2) is 4.39 Å². The highest BCUT2D eigenvalue weighted by Gasteiger charge is 2.23. The zero-order valence-corrected chi connectivity index (χ0v) is 12.3. The van der Waals surface area contributed by atoms with Gasteiger partial charge in [-0.3, -0.25) is 0 Å². The minimum atomic E-state index is -0.184. The van der Waals surface area contributed by atoms with E-state index in [1.54, 1.807) is 0 Å². The predicted molar refractivity (Wildman–Crippen MR) is 80.1 cm³/mol. The average Bonchev–Trinajstić information content (AvgIpc) is 2.44. The molecule has 1 aliphatic carbocycles. The van der Waals surface area contributed by atoms with E-state index in [1.165, 1.54) is 12.1 Å². The number of nitrogens with one attached hydrogen (secondary N) is 1. The van der Waals surface area contributed by atoms with Crippen LogP contribution in [0, 0.1) is 5.82 Å². The number of aliphatic hydroxyl groups excluding tert-OH is 1. The van der Waals surface area contributed by atoms with Gasteiger partial charge in [0.25, 0.3) is 0 Å². The molecule has 0 aliphatic heterocycles. The Morgan fingerprint density at radius 2 is 2.05 bits per heavy atom. The highest BCUT2D eigenvalue weighted by atomic mass is 19.1. The Hall–Kier alpha value is -0.930. The van der Waals surface area contributed by atoms with E-state index < -0.39 is 0 Å². The van der Waals surface area contributed by atoms with Crippen LogP contribution in [0.4, 0.5) is 4.39 Å². The first-order chi connectivity index (χ1) is 9.69. The van der Waals surface area contributed by atoms with E-state index in [4.69, 9.17) is 0 Å². The van der Waals surface area contributed by atoms with E-state index in [9.17, 15) is 9.50 Å². The number of benzene rings is 1. The summed E-state index contributed by atoms with van der Waals surface area (Å²) in [5.74, 6) is -0.184. The molecule has 2 N–H and O–H groups in total. The summed E-state index contributed by atoms with van der Waals surface area (Å²) in [5.41, 5.74) is 1.15. The maximum absolute atomic E-state index is 13.1. The van der Waals surface area contributed by atoms with E-state index in [1.807, 2.05) is 12.1 Å². The van der Waals surface area contributed by atoms with E-state index in [0.29, 0.717) is 6.04 Å². The van der Waals surface area contributed by atoms with Crippen LogP contribution in [0.25, 0.3) is 0 Å². The van der Waals surface area contributed by atoms with Crippen molar-refractivity contribution in [2.45, 2.75) is 70.1 Å². The molecule has 20 heavy (non-hydrogen) atoms. The maximum Gasteiger partial charge on any atom is 0.123 e. The van der Waals surface area contributed by atoms with Crippen LogP contribution < -0.4 is 5.32 Å². The highest BCUT2D eigenvalue weighted by Crippen LogP contribution is 2.25. The molecule has 3 heteroatoms. The Balaban J connectivity index is 2.00. The van der Waals surface area contributed by atoms with Gasteiger partial charge in [-0.15, -0.1) is 0 Å². The molecule has 1 saturated carbocycles. The average molecular weight is 279 g/mol. The number of hydrogen-bond donors (Lipinski definition) is 2. The van der Waals surface area contributed by atoms with Gasteiger partial charge in [0.15, 0.2) is 0 Å². The predicted octanol–water partition coefficient (Wildman–Crippen LogP) is 3.95. The number of unbranched alkanes of at least 4 members (excludes halogenated alkanes) is 1. The van der Waals surface area contributed by atoms with Crippen LogP contribution in [0.15, 0.2) is 24.3 Å². The van der Waals surface area contributed by atoms with Gasteiger partial charge in [0.1, 0.15) is 5.82 Å². The fourth-order valence-electron chi connectivity index (χ4n) is 3.05. The second-order valence-corrected chi connectivity index (χ2v) is 5.93. The summed E-state index contributed by atoms with van der Waals surface area (Å²) in [4.78, 5) is 0. The van der Waals surface area contributed by atoms with Crippen LogP contribution in [0.5, 0.6) is 0 Å². The largest absolute Gasteiger partial charge is 0.393 e. The summed E-state index contributed by atoms with van der Waals surface area (Å²) in [7, 11) is 0. The summed E-state index contributed by atoms with van der Waals surface area (Å²) in [6.07, 6.45) is 7.19. The van der Waals surface area contributed by atoms with E-state index in [-0.39, 0.29) is 18.0 Å². The minimum absolute atomic E-state index is 0.165. The lowest BCUT2D eigenvalue weighted by Crippen LogP contribution is -2.38. The van der Waals surface area contributed by atoms with Gasteiger partial charge < -0.3 is 10.4 Å². The standard InChI is InChI=1S/C17H26FNO/c1-2-3-7-17(13-8-10-14(18)11-9-13)19-15-5-4-6-16(20)12-15/h8-11,15-17,19-20H,2-7,12H2,1H3. The van der Waals surface area contributed by atoms with Gasteiger partial charge in [-0.05, 0) is 49.8 Å². The fourth-order valence-corrected chi connectivity index (χ4v) is 3.05. The van der Waals surface area contributed by atoms with E-state index >= 15 is 0 Å². The fraction of sp³-hybridized carbons (Fsp3) is 0.647. The lowest BCUT2D eigenvalue weighted by molar-refractivity contribution is 0.108. The molecule has 112 valence electrons. The first-order valence-electron chi connectivity index (χ1n) is 7.88. The first kappa shape index (κ1) is 15.5. The molecule has 0 bridgehead atoms. The third kappa shape index (κ3) is 4.57. The topological polar surface area (TPSA) is 32.3 Å². The number of halogens is 1. The van der Waals surface area contributed by atoms with Crippen molar-refractivity contribution < 1.29 is 9.50 Å². The molecule has 3 unspecified atom stereocenters. The molecule has 0 heterocycles. The lowest BCUT2D eigenvalue weighted by Gasteiger charge is -2.31. The van der Waals surface area contributed by atoms with Gasteiger partial charge in [-0.2, -0.15) is 0 Å². The molecule has 0 amide bonds. The molecule has 1 aromatic carbocycles. The normalized spacial score (nSPS) is 24.6. The third-order valence-electron chi connectivity index (χ3n) is 4.20. The molecule has 3 atom stereocenters. The van der Waals surface area contributed by atoms with Gasteiger partial charge in [0.2, 0.25) is 0 Å². The molecule has 2 nitrogen and oxygen atoms in total. The van der Waals surface area contributed by atoms with Gasteiger partial charge in [0.05, 0.1) is 6.10 Å². The second-order valence-electron chi connectivity index (χ2n) is 5.93. The van der Waals surface area contributed by atoms with Crippen molar-refractivity contribution in [1.82, 2.24) is 5.32 Å². The van der Waals surface area contributed by atoms with Crippen LogP contribution in [-0.4, -0.2) is 17.3 Å². The summed E-state index contributed by atoms with van der Waals surface area (Å²) in [6.45, 7) is 2.19. The Bertz CT molecular complexity index is 392. The number of aliphatic hydroxyl groups is 1. The van der Waals surface area contributed by atoms with Crippen molar-refractivity contribution in [2.24, 2.45) is 0 Å². The van der Waals surface area contributed by atoms with Crippen LogP contribution >= 0.6 is 0 Å².